The number of rotatable bonds is 4. The van der Waals surface area contributed by atoms with Crippen LogP contribution in [0.5, 0.6) is 0 Å². The standard InChI is InChI=1S/C26H28ClN7O2/c1-16-5-7-22(27)19(11-16)15-34-24-21(25(36)31(34)4)6-8-23(30-24)20-12-28-26(29-13-20)32-9-10-33(18(3)35)17(2)14-32/h5-8,11-13,17H,9-10,14-15H2,1-4H3. The predicted octanol–water partition coefficient (Wildman–Crippen LogP) is 3.26. The number of aryl methyl sites for hydroxylation is 1. The van der Waals surface area contributed by atoms with Gasteiger partial charge >= 0.3 is 0 Å². The number of piperazine rings is 1. The van der Waals surface area contributed by atoms with Gasteiger partial charge in [0.25, 0.3) is 5.56 Å². The summed E-state index contributed by atoms with van der Waals surface area (Å²) in [4.78, 5) is 42.6. The Morgan fingerprint density at radius 1 is 1.14 bits per heavy atom. The fourth-order valence-electron chi connectivity index (χ4n) is 4.79. The van der Waals surface area contributed by atoms with Crippen LogP contribution in [0.4, 0.5) is 5.95 Å². The number of hydrogen-bond donors (Lipinski definition) is 0. The highest BCUT2D eigenvalue weighted by Gasteiger charge is 2.26. The first-order valence-corrected chi connectivity index (χ1v) is 12.3. The molecule has 36 heavy (non-hydrogen) atoms. The minimum Gasteiger partial charge on any atom is -0.337 e. The van der Waals surface area contributed by atoms with E-state index in [0.29, 0.717) is 53.9 Å². The van der Waals surface area contributed by atoms with Crippen LogP contribution in [0.25, 0.3) is 22.3 Å². The van der Waals surface area contributed by atoms with Crippen molar-refractivity contribution in [3.05, 3.63) is 69.2 Å². The number of nitrogens with zero attached hydrogens (tertiary/aromatic N) is 7. The highest BCUT2D eigenvalue weighted by molar-refractivity contribution is 6.31. The Bertz CT molecular complexity index is 1510. The van der Waals surface area contributed by atoms with Crippen LogP contribution in [0.3, 0.4) is 0 Å². The second-order valence-electron chi connectivity index (χ2n) is 9.33. The molecular weight excluding hydrogens is 478 g/mol. The van der Waals surface area contributed by atoms with E-state index in [1.807, 2.05) is 47.7 Å². The molecule has 0 saturated carbocycles. The zero-order valence-electron chi connectivity index (χ0n) is 20.8. The van der Waals surface area contributed by atoms with Crippen LogP contribution < -0.4 is 10.5 Å². The lowest BCUT2D eigenvalue weighted by Crippen LogP contribution is -2.53. The van der Waals surface area contributed by atoms with E-state index in [9.17, 15) is 9.59 Å². The zero-order chi connectivity index (χ0) is 25.6. The molecule has 186 valence electrons. The number of fused-ring (bicyclic) bond motifs is 1. The molecule has 0 spiro atoms. The van der Waals surface area contributed by atoms with Gasteiger partial charge in [0.05, 0.1) is 17.6 Å². The maximum atomic E-state index is 12.9. The van der Waals surface area contributed by atoms with Gasteiger partial charge in [-0.05, 0) is 37.6 Å². The second kappa shape index (κ2) is 9.39. The molecule has 3 aromatic heterocycles. The fourth-order valence-corrected chi connectivity index (χ4v) is 4.97. The molecule has 1 saturated heterocycles. The summed E-state index contributed by atoms with van der Waals surface area (Å²) in [5.41, 5.74) is 3.92. The summed E-state index contributed by atoms with van der Waals surface area (Å²) in [7, 11) is 1.73. The number of carbonyl (C=O) groups is 1. The summed E-state index contributed by atoms with van der Waals surface area (Å²) in [6.07, 6.45) is 3.50. The molecule has 1 aliphatic heterocycles. The van der Waals surface area contributed by atoms with Crippen LogP contribution in [0.1, 0.15) is 25.0 Å². The fraction of sp³-hybridized carbons (Fsp3) is 0.346. The van der Waals surface area contributed by atoms with Gasteiger partial charge in [-0.1, -0.05) is 29.3 Å². The summed E-state index contributed by atoms with van der Waals surface area (Å²) in [6.45, 7) is 8.08. The van der Waals surface area contributed by atoms with Gasteiger partial charge in [0.2, 0.25) is 11.9 Å². The Labute approximate surface area is 213 Å². The van der Waals surface area contributed by atoms with Gasteiger partial charge < -0.3 is 9.80 Å². The molecule has 1 aromatic carbocycles. The largest absolute Gasteiger partial charge is 0.337 e. The summed E-state index contributed by atoms with van der Waals surface area (Å²) >= 11 is 6.43. The van der Waals surface area contributed by atoms with Gasteiger partial charge in [-0.25, -0.2) is 15.0 Å². The molecule has 4 aromatic rings. The van der Waals surface area contributed by atoms with Gasteiger partial charge in [-0.15, -0.1) is 0 Å². The Kier molecular flexibility index (Phi) is 6.26. The normalized spacial score (nSPS) is 16.1. The van der Waals surface area contributed by atoms with E-state index in [1.165, 1.54) is 0 Å². The van der Waals surface area contributed by atoms with Crippen molar-refractivity contribution in [3.63, 3.8) is 0 Å². The predicted molar refractivity (Wildman–Crippen MR) is 140 cm³/mol. The van der Waals surface area contributed by atoms with E-state index in [0.717, 1.165) is 16.7 Å². The number of aromatic nitrogens is 5. The highest BCUT2D eigenvalue weighted by atomic mass is 35.5. The van der Waals surface area contributed by atoms with E-state index in [4.69, 9.17) is 16.6 Å². The number of pyridine rings is 1. The maximum Gasteiger partial charge on any atom is 0.275 e. The number of benzene rings is 1. The summed E-state index contributed by atoms with van der Waals surface area (Å²) in [5.74, 6) is 0.713. The molecule has 1 fully saturated rings. The van der Waals surface area contributed by atoms with E-state index < -0.39 is 0 Å². The number of anilines is 1. The van der Waals surface area contributed by atoms with Gasteiger partial charge in [0.1, 0.15) is 0 Å². The summed E-state index contributed by atoms with van der Waals surface area (Å²) < 4.78 is 3.41. The molecule has 10 heteroatoms. The number of halogens is 1. The van der Waals surface area contributed by atoms with Gasteiger partial charge in [0.15, 0.2) is 5.65 Å². The molecular formula is C26H28ClN7O2. The molecule has 1 atom stereocenters. The molecule has 1 unspecified atom stereocenters. The van der Waals surface area contributed by atoms with Crippen molar-refractivity contribution < 1.29 is 4.79 Å². The number of carbonyl (C=O) groups excluding carboxylic acids is 1. The monoisotopic (exact) mass is 505 g/mol. The average Bonchev–Trinajstić information content (AvgIpc) is 3.10. The SMILES string of the molecule is CC(=O)N1CCN(c2ncc(-c3ccc4c(=O)n(C)n(Cc5cc(C)ccc5Cl)c4n3)cn2)CC1C. The van der Waals surface area contributed by atoms with E-state index in [-0.39, 0.29) is 17.5 Å². The molecule has 5 rings (SSSR count). The molecule has 1 aliphatic rings. The van der Waals surface area contributed by atoms with Crippen molar-refractivity contribution in [2.45, 2.75) is 33.4 Å². The quantitative estimate of drug-likeness (QED) is 0.423. The van der Waals surface area contributed by atoms with Crippen molar-refractivity contribution in [1.29, 1.82) is 0 Å². The maximum absolute atomic E-state index is 12.9. The van der Waals surface area contributed by atoms with Crippen molar-refractivity contribution in [2.75, 3.05) is 24.5 Å². The van der Waals surface area contributed by atoms with E-state index >= 15 is 0 Å². The topological polar surface area (TPSA) is 89.2 Å². The third-order valence-electron chi connectivity index (χ3n) is 6.78. The lowest BCUT2D eigenvalue weighted by molar-refractivity contribution is -0.131. The van der Waals surface area contributed by atoms with E-state index in [2.05, 4.69) is 14.9 Å². The minimum atomic E-state index is -0.113. The van der Waals surface area contributed by atoms with Crippen molar-refractivity contribution in [3.8, 4) is 11.3 Å². The van der Waals surface area contributed by atoms with Gasteiger partial charge in [-0.2, -0.15) is 0 Å². The molecule has 9 nitrogen and oxygen atoms in total. The summed E-state index contributed by atoms with van der Waals surface area (Å²) in [5, 5.41) is 1.19. The van der Waals surface area contributed by atoms with E-state index in [1.54, 1.807) is 37.1 Å². The molecule has 0 radical (unpaired) electrons. The molecule has 1 amide bonds. The first kappa shape index (κ1) is 24.0. The second-order valence-corrected chi connectivity index (χ2v) is 9.74. The Hall–Kier alpha value is -3.72. The minimum absolute atomic E-state index is 0.0870. The molecule has 4 heterocycles. The lowest BCUT2D eigenvalue weighted by Gasteiger charge is -2.39. The van der Waals surface area contributed by atoms with Crippen molar-refractivity contribution >= 4 is 34.5 Å². The van der Waals surface area contributed by atoms with Crippen LogP contribution in [-0.2, 0) is 18.4 Å². The summed E-state index contributed by atoms with van der Waals surface area (Å²) in [6, 6.07) is 9.56. The average molecular weight is 506 g/mol. The van der Waals surface area contributed by atoms with Gasteiger partial charge in [0, 0.05) is 62.6 Å². The number of amides is 1. The van der Waals surface area contributed by atoms with Crippen LogP contribution in [0, 0.1) is 6.92 Å². The third kappa shape index (κ3) is 4.35. The first-order chi connectivity index (χ1) is 17.2. The lowest BCUT2D eigenvalue weighted by atomic mass is 10.1. The smallest absolute Gasteiger partial charge is 0.275 e. The molecule has 0 bridgehead atoms. The van der Waals surface area contributed by atoms with Crippen LogP contribution in [0.15, 0.2) is 47.5 Å². The van der Waals surface area contributed by atoms with Crippen LogP contribution in [0.2, 0.25) is 5.02 Å². The van der Waals surface area contributed by atoms with Crippen LogP contribution >= 0.6 is 11.6 Å². The third-order valence-corrected chi connectivity index (χ3v) is 7.14. The van der Waals surface area contributed by atoms with Gasteiger partial charge in [-0.3, -0.25) is 19.0 Å². The Balaban J connectivity index is 1.45. The highest BCUT2D eigenvalue weighted by Crippen LogP contribution is 2.23. The van der Waals surface area contributed by atoms with Crippen LogP contribution in [-0.4, -0.2) is 60.8 Å². The molecule has 0 N–H and O–H groups in total. The first-order valence-electron chi connectivity index (χ1n) is 11.9. The molecule has 0 aliphatic carbocycles. The Morgan fingerprint density at radius 3 is 2.58 bits per heavy atom. The zero-order valence-corrected chi connectivity index (χ0v) is 21.5. The van der Waals surface area contributed by atoms with Crippen molar-refractivity contribution in [1.82, 2.24) is 29.2 Å². The number of hydrogen-bond acceptors (Lipinski definition) is 6. The van der Waals surface area contributed by atoms with Crippen molar-refractivity contribution in [2.24, 2.45) is 7.05 Å². The Morgan fingerprint density at radius 2 is 1.89 bits per heavy atom.